The van der Waals surface area contributed by atoms with Gasteiger partial charge in [-0.2, -0.15) is 0 Å². The molecular formula is C20H21ClN4O2S. The molecule has 0 saturated carbocycles. The Labute approximate surface area is 172 Å². The lowest BCUT2D eigenvalue weighted by molar-refractivity contribution is 0.0777. The molecule has 2 heterocycles. The normalized spacial score (nSPS) is 10.7. The van der Waals surface area contributed by atoms with Crippen molar-refractivity contribution in [3.05, 3.63) is 63.0 Å². The molecule has 0 bridgehead atoms. The van der Waals surface area contributed by atoms with Crippen LogP contribution in [0.25, 0.3) is 11.3 Å². The average molecular weight is 417 g/mol. The molecule has 0 saturated heterocycles. The van der Waals surface area contributed by atoms with Crippen LogP contribution in [-0.2, 0) is 6.54 Å². The van der Waals surface area contributed by atoms with Crippen LogP contribution in [0.3, 0.4) is 0 Å². The van der Waals surface area contributed by atoms with Gasteiger partial charge < -0.3 is 14.3 Å². The van der Waals surface area contributed by atoms with Crippen molar-refractivity contribution in [2.24, 2.45) is 0 Å². The molecule has 3 aromatic rings. The summed E-state index contributed by atoms with van der Waals surface area (Å²) in [4.78, 5) is 16.4. The topological polar surface area (TPSA) is 73.4 Å². The van der Waals surface area contributed by atoms with Gasteiger partial charge in [0.2, 0.25) is 0 Å². The Morgan fingerprint density at radius 2 is 1.89 bits per heavy atom. The minimum absolute atomic E-state index is 0.113. The van der Waals surface area contributed by atoms with Gasteiger partial charge >= 0.3 is 0 Å². The maximum atomic E-state index is 12.4. The summed E-state index contributed by atoms with van der Waals surface area (Å²) in [7, 11) is 3.60. The molecule has 8 heteroatoms. The van der Waals surface area contributed by atoms with E-state index in [-0.39, 0.29) is 5.91 Å². The molecule has 0 atom stereocenters. The van der Waals surface area contributed by atoms with E-state index in [0.29, 0.717) is 33.0 Å². The summed E-state index contributed by atoms with van der Waals surface area (Å²) in [5, 5.41) is 12.3. The lowest BCUT2D eigenvalue weighted by Gasteiger charge is -2.17. The van der Waals surface area contributed by atoms with Gasteiger partial charge in [0.05, 0.1) is 15.8 Å². The fraction of sp³-hybridized carbons (Fsp3) is 0.250. The third-order valence-electron chi connectivity index (χ3n) is 4.39. The van der Waals surface area contributed by atoms with Crippen LogP contribution < -0.4 is 0 Å². The lowest BCUT2D eigenvalue weighted by Crippen LogP contribution is -2.26. The summed E-state index contributed by atoms with van der Waals surface area (Å²) < 4.78 is 5.98. The molecule has 1 aromatic carbocycles. The van der Waals surface area contributed by atoms with Gasteiger partial charge in [-0.3, -0.25) is 10.2 Å². The minimum atomic E-state index is -0.113. The number of carbonyl (C=O) groups is 1. The van der Waals surface area contributed by atoms with Gasteiger partial charge in [0, 0.05) is 37.8 Å². The van der Waals surface area contributed by atoms with Gasteiger partial charge in [0.1, 0.15) is 11.5 Å². The van der Waals surface area contributed by atoms with Crippen LogP contribution in [0.2, 0.25) is 4.34 Å². The lowest BCUT2D eigenvalue weighted by atomic mass is 10.1. The number of rotatable bonds is 6. The second-order valence-electron chi connectivity index (χ2n) is 6.38. The van der Waals surface area contributed by atoms with Crippen molar-refractivity contribution < 1.29 is 9.32 Å². The summed E-state index contributed by atoms with van der Waals surface area (Å²) in [6.07, 6.45) is 0. The summed E-state index contributed by atoms with van der Waals surface area (Å²) in [6, 6.07) is 12.9. The van der Waals surface area contributed by atoms with Crippen LogP contribution in [0, 0.1) is 5.41 Å². The number of nitrogens with zero attached hydrogens (tertiary/aromatic N) is 3. The maximum Gasteiger partial charge on any atom is 0.264 e. The van der Waals surface area contributed by atoms with Gasteiger partial charge in [-0.05, 0) is 19.1 Å². The molecular weight excluding hydrogens is 396 g/mol. The van der Waals surface area contributed by atoms with E-state index in [1.165, 1.54) is 11.3 Å². The Morgan fingerprint density at radius 3 is 2.50 bits per heavy atom. The number of amidine groups is 1. The van der Waals surface area contributed by atoms with E-state index in [9.17, 15) is 4.79 Å². The van der Waals surface area contributed by atoms with E-state index in [0.717, 1.165) is 17.7 Å². The van der Waals surface area contributed by atoms with Gasteiger partial charge in [-0.25, -0.2) is 0 Å². The standard InChI is InChI=1S/C20H21ClN4O2S/c1-4-24(2)19(22)14-7-5-13(6-8-14)16-11-15(27-23-16)12-25(3)20(26)17-9-10-18(21)28-17/h5-11,22H,4,12H2,1-3H3. The molecule has 0 unspecified atom stereocenters. The van der Waals surface area contributed by atoms with Crippen LogP contribution >= 0.6 is 22.9 Å². The zero-order chi connectivity index (χ0) is 20.3. The molecule has 1 N–H and O–H groups in total. The first-order valence-electron chi connectivity index (χ1n) is 8.76. The van der Waals surface area contributed by atoms with Crippen molar-refractivity contribution >= 4 is 34.7 Å². The highest BCUT2D eigenvalue weighted by atomic mass is 35.5. The fourth-order valence-corrected chi connectivity index (χ4v) is 3.66. The van der Waals surface area contributed by atoms with Crippen LogP contribution in [0.1, 0.15) is 27.9 Å². The van der Waals surface area contributed by atoms with Crippen LogP contribution in [-0.4, -0.2) is 47.3 Å². The number of amides is 1. The van der Waals surface area contributed by atoms with Crippen molar-refractivity contribution in [2.45, 2.75) is 13.5 Å². The second-order valence-corrected chi connectivity index (χ2v) is 8.10. The number of hydrogen-bond donors (Lipinski definition) is 1. The molecule has 3 rings (SSSR count). The molecule has 0 aliphatic rings. The van der Waals surface area contributed by atoms with E-state index in [1.54, 1.807) is 24.1 Å². The number of halogens is 1. The minimum Gasteiger partial charge on any atom is -0.360 e. The van der Waals surface area contributed by atoms with E-state index in [2.05, 4.69) is 5.16 Å². The third kappa shape index (κ3) is 4.43. The molecule has 0 aliphatic heterocycles. The number of aromatic nitrogens is 1. The first kappa shape index (κ1) is 20.1. The quantitative estimate of drug-likeness (QED) is 0.470. The van der Waals surface area contributed by atoms with Crippen LogP contribution in [0.15, 0.2) is 47.0 Å². The Morgan fingerprint density at radius 1 is 1.18 bits per heavy atom. The van der Waals surface area contributed by atoms with E-state index in [1.807, 2.05) is 49.2 Å². The predicted molar refractivity (Wildman–Crippen MR) is 112 cm³/mol. The molecule has 1 amide bonds. The number of benzene rings is 1. The summed E-state index contributed by atoms with van der Waals surface area (Å²) in [5.74, 6) is 0.956. The highest BCUT2D eigenvalue weighted by molar-refractivity contribution is 7.17. The van der Waals surface area contributed by atoms with E-state index < -0.39 is 0 Å². The van der Waals surface area contributed by atoms with Gasteiger partial charge in [-0.1, -0.05) is 41.0 Å². The van der Waals surface area contributed by atoms with Gasteiger partial charge in [0.25, 0.3) is 5.91 Å². The van der Waals surface area contributed by atoms with Crippen molar-refractivity contribution in [1.29, 1.82) is 5.41 Å². The maximum absolute atomic E-state index is 12.4. The Hall–Kier alpha value is -2.64. The van der Waals surface area contributed by atoms with Gasteiger partial charge in [-0.15, -0.1) is 11.3 Å². The highest BCUT2D eigenvalue weighted by Crippen LogP contribution is 2.24. The first-order valence-corrected chi connectivity index (χ1v) is 9.95. The Kier molecular flexibility index (Phi) is 6.16. The fourth-order valence-electron chi connectivity index (χ4n) is 2.62. The second kappa shape index (κ2) is 8.58. The van der Waals surface area contributed by atoms with Gasteiger partial charge in [0.15, 0.2) is 5.76 Å². The molecule has 28 heavy (non-hydrogen) atoms. The Bertz CT molecular complexity index is 980. The van der Waals surface area contributed by atoms with Crippen LogP contribution in [0.4, 0.5) is 0 Å². The van der Waals surface area contributed by atoms with Crippen molar-refractivity contribution in [2.75, 3.05) is 20.6 Å². The SMILES string of the molecule is CCN(C)C(=N)c1ccc(-c2cc(CN(C)C(=O)c3ccc(Cl)s3)on2)cc1. The molecule has 6 nitrogen and oxygen atoms in total. The number of hydrogen-bond acceptors (Lipinski definition) is 5. The van der Waals surface area contributed by atoms with Crippen molar-refractivity contribution in [1.82, 2.24) is 15.0 Å². The molecule has 2 aromatic heterocycles. The van der Waals surface area contributed by atoms with Crippen molar-refractivity contribution in [3.8, 4) is 11.3 Å². The molecule has 0 radical (unpaired) electrons. The number of nitrogens with one attached hydrogen (secondary N) is 1. The zero-order valence-electron chi connectivity index (χ0n) is 15.9. The largest absolute Gasteiger partial charge is 0.360 e. The summed E-state index contributed by atoms with van der Waals surface area (Å²) in [6.45, 7) is 3.09. The van der Waals surface area contributed by atoms with Crippen molar-refractivity contribution in [3.63, 3.8) is 0 Å². The summed E-state index contributed by atoms with van der Waals surface area (Å²) in [5.41, 5.74) is 2.43. The van der Waals surface area contributed by atoms with E-state index >= 15 is 0 Å². The molecule has 0 fully saturated rings. The number of carbonyl (C=O) groups excluding carboxylic acids is 1. The number of thiophene rings is 1. The smallest absolute Gasteiger partial charge is 0.264 e. The van der Waals surface area contributed by atoms with E-state index in [4.69, 9.17) is 21.5 Å². The average Bonchev–Trinajstić information content (AvgIpc) is 3.35. The summed E-state index contributed by atoms with van der Waals surface area (Å²) >= 11 is 7.15. The molecule has 0 spiro atoms. The first-order chi connectivity index (χ1) is 13.4. The highest BCUT2D eigenvalue weighted by Gasteiger charge is 2.17. The Balaban J connectivity index is 1.68. The monoisotopic (exact) mass is 416 g/mol. The van der Waals surface area contributed by atoms with Crippen LogP contribution in [0.5, 0.6) is 0 Å². The zero-order valence-corrected chi connectivity index (χ0v) is 17.5. The predicted octanol–water partition coefficient (Wildman–Crippen LogP) is 4.61. The molecule has 0 aliphatic carbocycles. The third-order valence-corrected chi connectivity index (χ3v) is 5.61. The molecule has 146 valence electrons.